The number of aromatic nitrogens is 2. The minimum Gasteiger partial charge on any atom is -0.494 e. The van der Waals surface area contributed by atoms with E-state index >= 15 is 0 Å². The zero-order valence-corrected chi connectivity index (χ0v) is 16.5. The second-order valence-electron chi connectivity index (χ2n) is 5.83. The molecule has 136 valence electrons. The van der Waals surface area contributed by atoms with Crippen LogP contribution in [-0.2, 0) is 0 Å². The lowest BCUT2D eigenvalue weighted by Crippen LogP contribution is -2.11. The third kappa shape index (κ3) is 3.70. The van der Waals surface area contributed by atoms with Gasteiger partial charge in [-0.3, -0.25) is 10.1 Å². The lowest BCUT2D eigenvalue weighted by Gasteiger charge is -2.02. The Morgan fingerprint density at radius 2 is 1.85 bits per heavy atom. The quantitative estimate of drug-likeness (QED) is 0.493. The van der Waals surface area contributed by atoms with Gasteiger partial charge in [0.05, 0.1) is 22.5 Å². The van der Waals surface area contributed by atoms with E-state index in [2.05, 4.69) is 15.3 Å². The van der Waals surface area contributed by atoms with Gasteiger partial charge >= 0.3 is 0 Å². The average molecular weight is 396 g/mol. The summed E-state index contributed by atoms with van der Waals surface area (Å²) in [5.74, 6) is 0.643. The zero-order chi connectivity index (χ0) is 18.8. The van der Waals surface area contributed by atoms with E-state index in [1.807, 2.05) is 62.4 Å². The number of benzene rings is 2. The fourth-order valence-electron chi connectivity index (χ4n) is 2.67. The molecule has 0 spiro atoms. The van der Waals surface area contributed by atoms with Gasteiger partial charge in [0.1, 0.15) is 15.6 Å². The minimum atomic E-state index is -0.179. The molecule has 1 amide bonds. The number of fused-ring (bicyclic) bond motifs is 1. The molecule has 7 heteroatoms. The number of amides is 1. The van der Waals surface area contributed by atoms with Crippen LogP contribution in [-0.4, -0.2) is 22.5 Å². The number of thiazole rings is 2. The maximum atomic E-state index is 12.7. The van der Waals surface area contributed by atoms with Crippen molar-refractivity contribution >= 4 is 43.9 Å². The van der Waals surface area contributed by atoms with Gasteiger partial charge in [0, 0.05) is 5.56 Å². The van der Waals surface area contributed by atoms with Gasteiger partial charge in [-0.15, -0.1) is 11.3 Å². The molecule has 4 rings (SSSR count). The number of rotatable bonds is 5. The summed E-state index contributed by atoms with van der Waals surface area (Å²) in [7, 11) is 0. The van der Waals surface area contributed by atoms with E-state index in [1.54, 1.807) is 0 Å². The van der Waals surface area contributed by atoms with Gasteiger partial charge < -0.3 is 4.74 Å². The number of hydrogen-bond acceptors (Lipinski definition) is 6. The summed E-state index contributed by atoms with van der Waals surface area (Å²) >= 11 is 2.84. The molecule has 27 heavy (non-hydrogen) atoms. The Bertz CT molecular complexity index is 1070. The van der Waals surface area contributed by atoms with Crippen LogP contribution in [0.2, 0.25) is 0 Å². The van der Waals surface area contributed by atoms with Crippen molar-refractivity contribution in [1.29, 1.82) is 0 Å². The van der Waals surface area contributed by atoms with Crippen LogP contribution in [0.5, 0.6) is 5.75 Å². The predicted molar refractivity (Wildman–Crippen MR) is 111 cm³/mol. The zero-order valence-electron chi connectivity index (χ0n) is 14.9. The molecule has 0 aliphatic rings. The molecule has 0 aliphatic heterocycles. The molecule has 2 aromatic carbocycles. The topological polar surface area (TPSA) is 64.1 Å². The fraction of sp³-hybridized carbons (Fsp3) is 0.150. The van der Waals surface area contributed by atoms with Gasteiger partial charge in [0.15, 0.2) is 5.13 Å². The summed E-state index contributed by atoms with van der Waals surface area (Å²) in [4.78, 5) is 22.3. The van der Waals surface area contributed by atoms with E-state index in [0.717, 1.165) is 26.5 Å². The lowest BCUT2D eigenvalue weighted by atomic mass is 10.2. The second-order valence-corrected chi connectivity index (χ2v) is 7.86. The summed E-state index contributed by atoms with van der Waals surface area (Å²) in [6.45, 7) is 4.43. The molecule has 0 saturated heterocycles. The van der Waals surface area contributed by atoms with Crippen LogP contribution < -0.4 is 10.1 Å². The van der Waals surface area contributed by atoms with Crippen LogP contribution >= 0.6 is 22.7 Å². The summed E-state index contributed by atoms with van der Waals surface area (Å²) < 4.78 is 6.51. The van der Waals surface area contributed by atoms with E-state index in [0.29, 0.717) is 22.3 Å². The van der Waals surface area contributed by atoms with Crippen molar-refractivity contribution in [3.63, 3.8) is 0 Å². The van der Waals surface area contributed by atoms with Gasteiger partial charge in [-0.1, -0.05) is 23.5 Å². The number of carbonyl (C=O) groups excluding carboxylic acids is 1. The lowest BCUT2D eigenvalue weighted by molar-refractivity contribution is 0.103. The van der Waals surface area contributed by atoms with Crippen molar-refractivity contribution in [1.82, 2.24) is 9.97 Å². The number of nitrogens with one attached hydrogen (secondary N) is 1. The van der Waals surface area contributed by atoms with Crippen LogP contribution in [0.15, 0.2) is 48.5 Å². The fourth-order valence-corrected chi connectivity index (χ4v) is 4.50. The highest BCUT2D eigenvalue weighted by molar-refractivity contribution is 7.22. The molecule has 0 unspecified atom stereocenters. The number of ether oxygens (including phenoxy) is 1. The highest BCUT2D eigenvalue weighted by atomic mass is 32.1. The first-order chi connectivity index (χ1) is 13.1. The third-order valence-electron chi connectivity index (χ3n) is 3.93. The molecular formula is C20H17N3O2S2. The Labute approximate surface area is 164 Å². The van der Waals surface area contributed by atoms with Crippen molar-refractivity contribution in [2.45, 2.75) is 13.8 Å². The van der Waals surface area contributed by atoms with E-state index in [9.17, 15) is 4.79 Å². The van der Waals surface area contributed by atoms with Gasteiger partial charge in [-0.25, -0.2) is 9.97 Å². The average Bonchev–Trinajstić information content (AvgIpc) is 3.25. The summed E-state index contributed by atoms with van der Waals surface area (Å²) in [5, 5.41) is 4.30. The van der Waals surface area contributed by atoms with Crippen molar-refractivity contribution in [2.75, 3.05) is 11.9 Å². The first kappa shape index (κ1) is 17.6. The Morgan fingerprint density at radius 3 is 2.59 bits per heavy atom. The van der Waals surface area contributed by atoms with Crippen molar-refractivity contribution in [3.8, 4) is 16.3 Å². The Hall–Kier alpha value is -2.77. The van der Waals surface area contributed by atoms with Crippen molar-refractivity contribution < 1.29 is 9.53 Å². The Morgan fingerprint density at radius 1 is 1.07 bits per heavy atom. The number of carbonyl (C=O) groups is 1. The first-order valence-corrected chi connectivity index (χ1v) is 10.1. The predicted octanol–water partition coefficient (Wildman–Crippen LogP) is 5.38. The first-order valence-electron chi connectivity index (χ1n) is 8.51. The van der Waals surface area contributed by atoms with Crippen molar-refractivity contribution in [3.05, 3.63) is 59.1 Å². The molecule has 0 aliphatic carbocycles. The smallest absolute Gasteiger partial charge is 0.269 e. The number of anilines is 1. The number of aryl methyl sites for hydroxylation is 1. The molecule has 0 atom stereocenters. The molecular weight excluding hydrogens is 378 g/mol. The second kappa shape index (κ2) is 7.46. The maximum Gasteiger partial charge on any atom is 0.269 e. The summed E-state index contributed by atoms with van der Waals surface area (Å²) in [5.41, 5.74) is 2.56. The van der Waals surface area contributed by atoms with Gasteiger partial charge in [-0.2, -0.15) is 0 Å². The monoisotopic (exact) mass is 395 g/mol. The van der Waals surface area contributed by atoms with E-state index in [-0.39, 0.29) is 5.91 Å². The standard InChI is InChI=1S/C20H17N3O2S2/c1-3-25-14-10-8-13(9-11-14)19-21-12(2)17(27-19)18(24)23-20-22-15-6-4-5-7-16(15)26-20/h4-11H,3H2,1-2H3,(H,22,23,24). The molecule has 5 nitrogen and oxygen atoms in total. The molecule has 0 radical (unpaired) electrons. The molecule has 0 fully saturated rings. The molecule has 0 saturated carbocycles. The third-order valence-corrected chi connectivity index (χ3v) is 6.09. The molecule has 2 aromatic heterocycles. The molecule has 2 heterocycles. The van der Waals surface area contributed by atoms with Crippen LogP contribution in [0.4, 0.5) is 5.13 Å². The van der Waals surface area contributed by atoms with Crippen LogP contribution in [0.3, 0.4) is 0 Å². The molecule has 0 bridgehead atoms. The van der Waals surface area contributed by atoms with E-state index < -0.39 is 0 Å². The Balaban J connectivity index is 1.55. The van der Waals surface area contributed by atoms with E-state index in [4.69, 9.17) is 4.74 Å². The number of hydrogen-bond donors (Lipinski definition) is 1. The Kier molecular flexibility index (Phi) is 4.87. The van der Waals surface area contributed by atoms with Crippen LogP contribution in [0.1, 0.15) is 22.3 Å². The molecule has 4 aromatic rings. The van der Waals surface area contributed by atoms with Gasteiger partial charge in [0.2, 0.25) is 0 Å². The SMILES string of the molecule is CCOc1ccc(-c2nc(C)c(C(=O)Nc3nc4ccccc4s3)s2)cc1. The number of para-hydroxylation sites is 1. The van der Waals surface area contributed by atoms with Crippen LogP contribution in [0.25, 0.3) is 20.8 Å². The number of nitrogens with zero attached hydrogens (tertiary/aromatic N) is 2. The van der Waals surface area contributed by atoms with Gasteiger partial charge in [0.25, 0.3) is 5.91 Å². The molecule has 1 N–H and O–H groups in total. The van der Waals surface area contributed by atoms with Crippen LogP contribution in [0, 0.1) is 6.92 Å². The summed E-state index contributed by atoms with van der Waals surface area (Å²) in [6, 6.07) is 15.6. The van der Waals surface area contributed by atoms with Crippen molar-refractivity contribution in [2.24, 2.45) is 0 Å². The largest absolute Gasteiger partial charge is 0.494 e. The van der Waals surface area contributed by atoms with Gasteiger partial charge in [-0.05, 0) is 50.2 Å². The summed E-state index contributed by atoms with van der Waals surface area (Å²) in [6.07, 6.45) is 0. The maximum absolute atomic E-state index is 12.7. The highest BCUT2D eigenvalue weighted by Crippen LogP contribution is 2.31. The highest BCUT2D eigenvalue weighted by Gasteiger charge is 2.18. The normalized spacial score (nSPS) is 10.9. The van der Waals surface area contributed by atoms with E-state index in [1.165, 1.54) is 22.7 Å². The minimum absolute atomic E-state index is 0.179.